The number of non-ortho nitro benzene ring substituents is 1. The van der Waals surface area contributed by atoms with Crippen LogP contribution in [0.15, 0.2) is 72.8 Å². The third kappa shape index (κ3) is 5.01. The fourth-order valence-electron chi connectivity index (χ4n) is 2.63. The molecule has 0 saturated carbocycles. The maximum Gasteiger partial charge on any atom is 0.270 e. The first-order valence-corrected chi connectivity index (χ1v) is 8.61. The average molecular weight is 393 g/mol. The van der Waals surface area contributed by atoms with Crippen LogP contribution in [-0.4, -0.2) is 16.7 Å². The second kappa shape index (κ2) is 8.75. The van der Waals surface area contributed by atoms with Gasteiger partial charge in [0.2, 0.25) is 0 Å². The van der Waals surface area contributed by atoms with E-state index in [2.05, 4.69) is 10.6 Å². The largest absolute Gasteiger partial charge is 0.348 e. The maximum atomic E-state index is 13.0. The van der Waals surface area contributed by atoms with Crippen LogP contribution in [0, 0.1) is 15.9 Å². The summed E-state index contributed by atoms with van der Waals surface area (Å²) >= 11 is 0. The van der Waals surface area contributed by atoms with Crippen LogP contribution in [-0.2, 0) is 6.54 Å². The van der Waals surface area contributed by atoms with E-state index in [1.807, 2.05) is 0 Å². The molecule has 0 radical (unpaired) electrons. The highest BCUT2D eigenvalue weighted by molar-refractivity contribution is 6.09. The van der Waals surface area contributed by atoms with Crippen LogP contribution in [0.1, 0.15) is 26.3 Å². The number of carbonyl (C=O) groups excluding carboxylic acids is 2. The van der Waals surface area contributed by atoms with Crippen LogP contribution in [0.2, 0.25) is 0 Å². The molecule has 0 aliphatic carbocycles. The van der Waals surface area contributed by atoms with E-state index in [1.54, 1.807) is 36.4 Å². The molecular formula is C21H16FN3O4. The first kappa shape index (κ1) is 19.7. The highest BCUT2D eigenvalue weighted by Gasteiger charge is 2.16. The molecule has 3 aromatic rings. The number of nitrogens with zero attached hydrogens (tertiary/aromatic N) is 1. The van der Waals surface area contributed by atoms with E-state index in [1.165, 1.54) is 30.3 Å². The van der Waals surface area contributed by atoms with E-state index in [9.17, 15) is 24.1 Å². The summed E-state index contributed by atoms with van der Waals surface area (Å²) in [6, 6.07) is 17.4. The molecule has 2 N–H and O–H groups in total. The molecule has 2 amide bonds. The SMILES string of the molecule is O=C(Nc1ccccc1C(=O)NCc1ccc(F)cc1)c1cccc([N+](=O)[O-])c1. The highest BCUT2D eigenvalue weighted by atomic mass is 19.1. The van der Waals surface area contributed by atoms with Crippen LogP contribution in [0.4, 0.5) is 15.8 Å². The van der Waals surface area contributed by atoms with Gasteiger partial charge in [0, 0.05) is 24.2 Å². The van der Waals surface area contributed by atoms with Crippen molar-refractivity contribution in [3.8, 4) is 0 Å². The molecule has 0 aliphatic heterocycles. The van der Waals surface area contributed by atoms with Crippen LogP contribution in [0.5, 0.6) is 0 Å². The van der Waals surface area contributed by atoms with Gasteiger partial charge in [0.25, 0.3) is 17.5 Å². The standard InChI is InChI=1S/C21H16FN3O4/c22-16-10-8-14(9-11-16)13-23-21(27)18-6-1-2-7-19(18)24-20(26)15-4-3-5-17(12-15)25(28)29/h1-12H,13H2,(H,23,27)(H,24,26). The summed E-state index contributed by atoms with van der Waals surface area (Å²) in [6.07, 6.45) is 0. The molecule has 8 heteroatoms. The molecule has 0 heterocycles. The Morgan fingerprint density at radius 2 is 1.66 bits per heavy atom. The van der Waals surface area contributed by atoms with E-state index < -0.39 is 16.7 Å². The Bertz CT molecular complexity index is 1070. The molecule has 0 bridgehead atoms. The van der Waals surface area contributed by atoms with Gasteiger partial charge in [0.15, 0.2) is 0 Å². The topological polar surface area (TPSA) is 101 Å². The molecule has 0 fully saturated rings. The minimum Gasteiger partial charge on any atom is -0.348 e. The van der Waals surface area contributed by atoms with Crippen molar-refractivity contribution in [3.05, 3.63) is 105 Å². The van der Waals surface area contributed by atoms with Gasteiger partial charge in [-0.25, -0.2) is 4.39 Å². The van der Waals surface area contributed by atoms with Gasteiger partial charge in [-0.3, -0.25) is 19.7 Å². The monoisotopic (exact) mass is 393 g/mol. The summed E-state index contributed by atoms with van der Waals surface area (Å²) < 4.78 is 13.0. The van der Waals surface area contributed by atoms with E-state index in [0.717, 1.165) is 11.6 Å². The second-order valence-corrected chi connectivity index (χ2v) is 6.12. The quantitative estimate of drug-likeness (QED) is 0.490. The van der Waals surface area contributed by atoms with Gasteiger partial charge in [-0.2, -0.15) is 0 Å². The molecule has 0 aromatic heterocycles. The first-order chi connectivity index (χ1) is 13.9. The van der Waals surface area contributed by atoms with Gasteiger partial charge in [-0.15, -0.1) is 0 Å². The number of nitro benzene ring substituents is 1. The first-order valence-electron chi connectivity index (χ1n) is 8.61. The molecule has 0 unspecified atom stereocenters. The third-order valence-corrected chi connectivity index (χ3v) is 4.11. The summed E-state index contributed by atoms with van der Waals surface area (Å²) in [5, 5.41) is 16.2. The Morgan fingerprint density at radius 3 is 2.38 bits per heavy atom. The fraction of sp³-hybridized carbons (Fsp3) is 0.0476. The molecule has 146 valence electrons. The van der Waals surface area contributed by atoms with Crippen LogP contribution < -0.4 is 10.6 Å². The van der Waals surface area contributed by atoms with Crippen molar-refractivity contribution in [2.75, 3.05) is 5.32 Å². The number of amides is 2. The Hall–Kier alpha value is -4.07. The molecule has 3 rings (SSSR count). The van der Waals surface area contributed by atoms with Gasteiger partial charge in [-0.1, -0.05) is 30.3 Å². The predicted octanol–water partition coefficient (Wildman–Crippen LogP) is 3.92. The van der Waals surface area contributed by atoms with Gasteiger partial charge >= 0.3 is 0 Å². The molecular weight excluding hydrogens is 377 g/mol. The summed E-state index contributed by atoms with van der Waals surface area (Å²) in [7, 11) is 0. The van der Waals surface area contributed by atoms with Crippen LogP contribution in [0.25, 0.3) is 0 Å². The molecule has 3 aromatic carbocycles. The summed E-state index contributed by atoms with van der Waals surface area (Å²) in [6.45, 7) is 0.187. The Labute approximate surface area is 165 Å². The summed E-state index contributed by atoms with van der Waals surface area (Å²) in [4.78, 5) is 35.3. The lowest BCUT2D eigenvalue weighted by Gasteiger charge is -2.11. The number of nitrogens with one attached hydrogen (secondary N) is 2. The van der Waals surface area contributed by atoms with Gasteiger partial charge in [0.1, 0.15) is 5.82 Å². The fourth-order valence-corrected chi connectivity index (χ4v) is 2.63. The predicted molar refractivity (Wildman–Crippen MR) is 105 cm³/mol. The molecule has 29 heavy (non-hydrogen) atoms. The number of halogens is 1. The zero-order chi connectivity index (χ0) is 20.8. The number of benzene rings is 3. The maximum absolute atomic E-state index is 13.0. The van der Waals surface area contributed by atoms with Crippen LogP contribution in [0.3, 0.4) is 0 Å². The molecule has 0 saturated heterocycles. The Balaban J connectivity index is 1.73. The molecule has 7 nitrogen and oxygen atoms in total. The van der Waals surface area contributed by atoms with Crippen molar-refractivity contribution >= 4 is 23.2 Å². The van der Waals surface area contributed by atoms with E-state index in [0.29, 0.717) is 0 Å². The number of nitro groups is 1. The van der Waals surface area contributed by atoms with E-state index in [4.69, 9.17) is 0 Å². The third-order valence-electron chi connectivity index (χ3n) is 4.11. The van der Waals surface area contributed by atoms with Crippen molar-refractivity contribution in [2.45, 2.75) is 6.54 Å². The molecule has 0 spiro atoms. The van der Waals surface area contributed by atoms with Gasteiger partial charge < -0.3 is 10.6 Å². The van der Waals surface area contributed by atoms with Crippen LogP contribution >= 0.6 is 0 Å². The van der Waals surface area contributed by atoms with Crippen molar-refractivity contribution in [3.63, 3.8) is 0 Å². The zero-order valence-corrected chi connectivity index (χ0v) is 15.1. The summed E-state index contributed by atoms with van der Waals surface area (Å²) in [5.41, 5.74) is 1.11. The lowest BCUT2D eigenvalue weighted by molar-refractivity contribution is -0.384. The lowest BCUT2D eigenvalue weighted by atomic mass is 10.1. The minimum atomic E-state index is -0.590. The second-order valence-electron chi connectivity index (χ2n) is 6.12. The van der Waals surface area contributed by atoms with Gasteiger partial charge in [-0.05, 0) is 35.9 Å². The van der Waals surface area contributed by atoms with Gasteiger partial charge in [0.05, 0.1) is 16.2 Å². The minimum absolute atomic E-state index is 0.0979. The van der Waals surface area contributed by atoms with Crippen molar-refractivity contribution in [1.82, 2.24) is 5.32 Å². The number of anilines is 1. The zero-order valence-electron chi connectivity index (χ0n) is 15.1. The lowest BCUT2D eigenvalue weighted by Crippen LogP contribution is -2.24. The smallest absolute Gasteiger partial charge is 0.270 e. The number of rotatable bonds is 6. The van der Waals surface area contributed by atoms with E-state index in [-0.39, 0.29) is 34.9 Å². The number of para-hydroxylation sites is 1. The molecule has 0 atom stereocenters. The van der Waals surface area contributed by atoms with Crippen molar-refractivity contribution in [1.29, 1.82) is 0 Å². The normalized spacial score (nSPS) is 10.2. The summed E-state index contributed by atoms with van der Waals surface area (Å²) in [5.74, 6) is -1.37. The average Bonchev–Trinajstić information content (AvgIpc) is 2.73. The number of hydrogen-bond donors (Lipinski definition) is 2. The Morgan fingerprint density at radius 1 is 0.931 bits per heavy atom. The van der Waals surface area contributed by atoms with Crippen molar-refractivity contribution in [2.24, 2.45) is 0 Å². The highest BCUT2D eigenvalue weighted by Crippen LogP contribution is 2.18. The van der Waals surface area contributed by atoms with Crippen molar-refractivity contribution < 1.29 is 18.9 Å². The number of carbonyl (C=O) groups is 2. The number of hydrogen-bond acceptors (Lipinski definition) is 4. The van der Waals surface area contributed by atoms with E-state index >= 15 is 0 Å². The molecule has 0 aliphatic rings. The Kier molecular flexibility index (Phi) is 5.94.